The zero-order valence-corrected chi connectivity index (χ0v) is 17.9. The van der Waals surface area contributed by atoms with Crippen LogP contribution in [0.15, 0.2) is 23.3 Å². The van der Waals surface area contributed by atoms with Crippen molar-refractivity contribution in [2.75, 3.05) is 14.2 Å². The van der Waals surface area contributed by atoms with Crippen molar-refractivity contribution in [2.45, 2.75) is 51.5 Å². The van der Waals surface area contributed by atoms with Gasteiger partial charge in [-0.05, 0) is 75.3 Å². The van der Waals surface area contributed by atoms with Gasteiger partial charge in [-0.3, -0.25) is 9.59 Å². The lowest BCUT2D eigenvalue weighted by molar-refractivity contribution is -0.148. The van der Waals surface area contributed by atoms with Crippen LogP contribution in [-0.4, -0.2) is 38.3 Å². The maximum Gasteiger partial charge on any atom is 0.262 e. The van der Waals surface area contributed by atoms with Gasteiger partial charge in [0, 0.05) is 17.0 Å². The van der Waals surface area contributed by atoms with Gasteiger partial charge in [-0.15, -0.1) is 0 Å². The maximum absolute atomic E-state index is 13.1. The number of hydrogen-bond donors (Lipinski definition) is 2. The van der Waals surface area contributed by atoms with Crippen molar-refractivity contribution in [1.82, 2.24) is 10.7 Å². The van der Waals surface area contributed by atoms with E-state index in [1.54, 1.807) is 39.3 Å². The van der Waals surface area contributed by atoms with Crippen molar-refractivity contribution in [3.63, 3.8) is 0 Å². The van der Waals surface area contributed by atoms with Crippen molar-refractivity contribution < 1.29 is 19.1 Å². The molecule has 0 unspecified atom stereocenters. The Kier molecular flexibility index (Phi) is 5.71. The molecule has 4 fully saturated rings. The number of hydrazone groups is 1. The Morgan fingerprint density at radius 3 is 2.30 bits per heavy atom. The molecule has 1 aromatic carbocycles. The first-order chi connectivity index (χ1) is 14.4. The fourth-order valence-corrected chi connectivity index (χ4v) is 5.99. The number of rotatable bonds is 7. The Hall–Kier alpha value is -2.57. The molecule has 5 rings (SSSR count). The molecule has 30 heavy (non-hydrogen) atoms. The lowest BCUT2D eigenvalue weighted by Crippen LogP contribution is -2.56. The highest BCUT2D eigenvalue weighted by molar-refractivity contribution is 5.91. The van der Waals surface area contributed by atoms with Gasteiger partial charge < -0.3 is 14.8 Å². The number of ether oxygens (including phenoxy) is 2. The third-order valence-electron chi connectivity index (χ3n) is 7.08. The average molecular weight is 414 g/mol. The standard InChI is InChI=1S/C23H31N3O4/c1-14(21(27)26-24-13-18-4-5-19(29-2)9-20(18)30-3)25-22(28)23-10-15-6-16(11-23)8-17(7-15)12-23/h4-5,9,13-17H,6-8,10-12H2,1-3H3,(H,25,28)(H,26,27)/b24-13-/t14-,15?,16?,17?,23?/m0/s1. The Morgan fingerprint density at radius 1 is 1.10 bits per heavy atom. The molecule has 0 aromatic heterocycles. The molecule has 4 bridgehead atoms. The molecular formula is C23H31N3O4. The monoisotopic (exact) mass is 413 g/mol. The van der Waals surface area contributed by atoms with Gasteiger partial charge in [0.25, 0.3) is 5.91 Å². The highest BCUT2D eigenvalue weighted by Gasteiger charge is 2.54. The van der Waals surface area contributed by atoms with Crippen LogP contribution in [0.2, 0.25) is 0 Å². The smallest absolute Gasteiger partial charge is 0.262 e. The summed E-state index contributed by atoms with van der Waals surface area (Å²) in [7, 11) is 3.15. The van der Waals surface area contributed by atoms with Crippen LogP contribution in [0.25, 0.3) is 0 Å². The van der Waals surface area contributed by atoms with Crippen molar-refractivity contribution in [3.8, 4) is 11.5 Å². The van der Waals surface area contributed by atoms with Gasteiger partial charge in [-0.2, -0.15) is 5.10 Å². The molecule has 4 saturated carbocycles. The van der Waals surface area contributed by atoms with Crippen LogP contribution in [0, 0.1) is 23.2 Å². The summed E-state index contributed by atoms with van der Waals surface area (Å²) in [6.07, 6.45) is 8.31. The summed E-state index contributed by atoms with van der Waals surface area (Å²) < 4.78 is 10.5. The predicted octanol–water partition coefficient (Wildman–Crippen LogP) is 2.88. The highest BCUT2D eigenvalue weighted by Crippen LogP contribution is 2.60. The van der Waals surface area contributed by atoms with E-state index in [9.17, 15) is 9.59 Å². The first-order valence-electron chi connectivity index (χ1n) is 10.8. The molecular weight excluding hydrogens is 382 g/mol. The largest absolute Gasteiger partial charge is 0.497 e. The van der Waals surface area contributed by atoms with Crippen LogP contribution in [0.5, 0.6) is 11.5 Å². The normalized spacial score (nSPS) is 30.2. The lowest BCUT2D eigenvalue weighted by Gasteiger charge is -2.55. The number of methoxy groups -OCH3 is 2. The first kappa shape index (κ1) is 20.7. The first-order valence-corrected chi connectivity index (χ1v) is 10.8. The topological polar surface area (TPSA) is 89.0 Å². The Labute approximate surface area is 177 Å². The van der Waals surface area contributed by atoms with Gasteiger partial charge in [0.2, 0.25) is 5.91 Å². The maximum atomic E-state index is 13.1. The minimum atomic E-state index is -0.639. The number of nitrogens with one attached hydrogen (secondary N) is 2. The number of benzene rings is 1. The predicted molar refractivity (Wildman–Crippen MR) is 113 cm³/mol. The molecule has 1 atom stereocenters. The van der Waals surface area contributed by atoms with Crippen LogP contribution in [0.1, 0.15) is 51.0 Å². The second-order valence-electron chi connectivity index (χ2n) is 9.24. The second-order valence-corrected chi connectivity index (χ2v) is 9.24. The third-order valence-corrected chi connectivity index (χ3v) is 7.08. The summed E-state index contributed by atoms with van der Waals surface area (Å²) in [5.74, 6) is 3.05. The van der Waals surface area contributed by atoms with Gasteiger partial charge in [0.15, 0.2) is 0 Å². The third kappa shape index (κ3) is 4.02. The molecule has 2 amide bonds. The van der Waals surface area contributed by atoms with E-state index in [0.29, 0.717) is 34.8 Å². The van der Waals surface area contributed by atoms with E-state index < -0.39 is 6.04 Å². The second kappa shape index (κ2) is 8.28. The number of amides is 2. The molecule has 0 heterocycles. The number of nitrogens with zero attached hydrogens (tertiary/aromatic N) is 1. The zero-order chi connectivity index (χ0) is 21.3. The van der Waals surface area contributed by atoms with E-state index in [4.69, 9.17) is 9.47 Å². The van der Waals surface area contributed by atoms with Crippen molar-refractivity contribution >= 4 is 18.0 Å². The Balaban J connectivity index is 1.33. The zero-order valence-electron chi connectivity index (χ0n) is 17.9. The summed E-state index contributed by atoms with van der Waals surface area (Å²) in [5, 5.41) is 6.99. The van der Waals surface area contributed by atoms with Crippen molar-refractivity contribution in [2.24, 2.45) is 28.3 Å². The van der Waals surface area contributed by atoms with Crippen LogP contribution in [0.4, 0.5) is 0 Å². The van der Waals surface area contributed by atoms with Crippen molar-refractivity contribution in [1.29, 1.82) is 0 Å². The van der Waals surface area contributed by atoms with Gasteiger partial charge in [-0.25, -0.2) is 5.43 Å². The minimum Gasteiger partial charge on any atom is -0.497 e. The van der Waals surface area contributed by atoms with Crippen LogP contribution in [-0.2, 0) is 9.59 Å². The highest BCUT2D eigenvalue weighted by atomic mass is 16.5. The summed E-state index contributed by atoms with van der Waals surface area (Å²) in [4.78, 5) is 25.6. The minimum absolute atomic E-state index is 0.0463. The molecule has 7 nitrogen and oxygen atoms in total. The number of carbonyl (C=O) groups excluding carboxylic acids is 2. The van der Waals surface area contributed by atoms with Gasteiger partial charge in [-0.1, -0.05) is 0 Å². The number of hydrogen-bond acceptors (Lipinski definition) is 5. The van der Waals surface area contributed by atoms with Crippen LogP contribution < -0.4 is 20.2 Å². The molecule has 0 saturated heterocycles. The summed E-state index contributed by atoms with van der Waals surface area (Å²) in [6.45, 7) is 1.71. The Bertz CT molecular complexity index is 816. The molecule has 1 aromatic rings. The van der Waals surface area contributed by atoms with E-state index in [2.05, 4.69) is 15.8 Å². The van der Waals surface area contributed by atoms with Crippen LogP contribution in [0.3, 0.4) is 0 Å². The SMILES string of the molecule is COc1ccc(/C=N\NC(=O)[C@H](C)NC(=O)C23CC4CC(CC(C4)C2)C3)c(OC)c1. The summed E-state index contributed by atoms with van der Waals surface area (Å²) >= 11 is 0. The van der Waals surface area contributed by atoms with Crippen molar-refractivity contribution in [3.05, 3.63) is 23.8 Å². The van der Waals surface area contributed by atoms with E-state index in [0.717, 1.165) is 19.3 Å². The molecule has 162 valence electrons. The summed E-state index contributed by atoms with van der Waals surface area (Å²) in [5.41, 5.74) is 2.97. The molecule has 0 aliphatic heterocycles. The molecule has 4 aliphatic carbocycles. The molecule has 4 aliphatic rings. The van der Waals surface area contributed by atoms with E-state index in [1.807, 2.05) is 0 Å². The van der Waals surface area contributed by atoms with E-state index in [-0.39, 0.29) is 17.2 Å². The van der Waals surface area contributed by atoms with Gasteiger partial charge in [0.05, 0.1) is 20.4 Å². The van der Waals surface area contributed by atoms with E-state index in [1.165, 1.54) is 25.5 Å². The molecule has 7 heteroatoms. The molecule has 2 N–H and O–H groups in total. The summed E-state index contributed by atoms with van der Waals surface area (Å²) in [6, 6.07) is 4.70. The Morgan fingerprint density at radius 2 is 1.73 bits per heavy atom. The fourth-order valence-electron chi connectivity index (χ4n) is 5.99. The average Bonchev–Trinajstić information content (AvgIpc) is 2.72. The van der Waals surface area contributed by atoms with E-state index >= 15 is 0 Å². The lowest BCUT2D eigenvalue weighted by atomic mass is 9.49. The fraction of sp³-hybridized carbons (Fsp3) is 0.609. The van der Waals surface area contributed by atoms with Gasteiger partial charge in [0.1, 0.15) is 17.5 Å². The van der Waals surface area contributed by atoms with Gasteiger partial charge >= 0.3 is 0 Å². The number of carbonyl (C=O) groups is 2. The van der Waals surface area contributed by atoms with Crippen LogP contribution >= 0.6 is 0 Å². The molecule has 0 spiro atoms. The quantitative estimate of drug-likeness (QED) is 0.531. The molecule has 0 radical (unpaired) electrons.